The maximum absolute atomic E-state index is 5.96. The molecule has 25 heavy (non-hydrogen) atoms. The van der Waals surface area contributed by atoms with Gasteiger partial charge in [0, 0.05) is 10.6 Å². The molecule has 1 aromatic heterocycles. The highest BCUT2D eigenvalue weighted by Crippen LogP contribution is 2.32. The summed E-state index contributed by atoms with van der Waals surface area (Å²) >= 11 is 5.96. The van der Waals surface area contributed by atoms with E-state index in [0.717, 1.165) is 5.56 Å². The summed E-state index contributed by atoms with van der Waals surface area (Å²) in [6.07, 6.45) is -0.417. The third-order valence-corrected chi connectivity index (χ3v) is 3.78. The van der Waals surface area contributed by atoms with Gasteiger partial charge in [-0.05, 0) is 43.3 Å². The number of ether oxygens (including phenoxy) is 3. The number of hydrogen-bond acceptors (Lipinski definition) is 6. The standard InChI is InChI=1S/C18H17ClN2O4/c1-11(24-14-6-4-5-13(19)10-14)18-20-17(21-25-18)12-7-8-15(22-2)16(9-12)23-3/h4-11H,1-3H3. The smallest absolute Gasteiger partial charge is 0.267 e. The first-order valence-corrected chi connectivity index (χ1v) is 7.96. The van der Waals surface area contributed by atoms with Crippen LogP contribution in [0.1, 0.15) is 18.9 Å². The fraction of sp³-hybridized carbons (Fsp3) is 0.222. The molecule has 7 heteroatoms. The van der Waals surface area contributed by atoms with Gasteiger partial charge in [0.1, 0.15) is 5.75 Å². The number of methoxy groups -OCH3 is 2. The fourth-order valence-corrected chi connectivity index (χ4v) is 2.47. The monoisotopic (exact) mass is 360 g/mol. The molecule has 0 fully saturated rings. The first-order chi connectivity index (χ1) is 12.1. The summed E-state index contributed by atoms with van der Waals surface area (Å²) in [6.45, 7) is 1.83. The minimum atomic E-state index is -0.417. The van der Waals surface area contributed by atoms with Crippen molar-refractivity contribution in [1.82, 2.24) is 10.1 Å². The van der Waals surface area contributed by atoms with Gasteiger partial charge in [-0.2, -0.15) is 4.98 Å². The molecule has 0 spiro atoms. The lowest BCUT2D eigenvalue weighted by molar-refractivity contribution is 0.176. The first-order valence-electron chi connectivity index (χ1n) is 7.59. The normalized spacial score (nSPS) is 11.8. The molecule has 0 bridgehead atoms. The van der Waals surface area contributed by atoms with Crippen molar-refractivity contribution in [3.63, 3.8) is 0 Å². The topological polar surface area (TPSA) is 66.6 Å². The summed E-state index contributed by atoms with van der Waals surface area (Å²) in [5.74, 6) is 2.66. The summed E-state index contributed by atoms with van der Waals surface area (Å²) < 4.78 is 21.6. The summed E-state index contributed by atoms with van der Waals surface area (Å²) in [5, 5.41) is 4.61. The maximum Gasteiger partial charge on any atom is 0.267 e. The Kier molecular flexibility index (Phi) is 5.09. The summed E-state index contributed by atoms with van der Waals surface area (Å²) in [6, 6.07) is 12.5. The summed E-state index contributed by atoms with van der Waals surface area (Å²) in [7, 11) is 3.16. The van der Waals surface area contributed by atoms with Gasteiger partial charge in [0.2, 0.25) is 5.82 Å². The van der Waals surface area contributed by atoms with Gasteiger partial charge in [-0.25, -0.2) is 0 Å². The van der Waals surface area contributed by atoms with E-state index in [9.17, 15) is 0 Å². The Morgan fingerprint density at radius 2 is 1.84 bits per heavy atom. The Morgan fingerprint density at radius 3 is 2.56 bits per heavy atom. The van der Waals surface area contributed by atoms with Crippen LogP contribution in [-0.4, -0.2) is 24.4 Å². The second-order valence-electron chi connectivity index (χ2n) is 5.24. The molecule has 0 N–H and O–H groups in total. The summed E-state index contributed by atoms with van der Waals surface area (Å²) in [4.78, 5) is 4.40. The molecule has 130 valence electrons. The maximum atomic E-state index is 5.96. The summed E-state index contributed by atoms with van der Waals surface area (Å²) in [5.41, 5.74) is 0.752. The van der Waals surface area contributed by atoms with Crippen LogP contribution in [0.3, 0.4) is 0 Å². The van der Waals surface area contributed by atoms with Gasteiger partial charge in [-0.1, -0.05) is 22.8 Å². The Bertz CT molecular complexity index is 866. The Hall–Kier alpha value is -2.73. The quantitative estimate of drug-likeness (QED) is 0.642. The van der Waals surface area contributed by atoms with Crippen molar-refractivity contribution in [1.29, 1.82) is 0 Å². The van der Waals surface area contributed by atoms with Crippen molar-refractivity contribution in [3.8, 4) is 28.6 Å². The Labute approximate surface area is 150 Å². The van der Waals surface area contributed by atoms with Gasteiger partial charge < -0.3 is 18.7 Å². The van der Waals surface area contributed by atoms with Crippen molar-refractivity contribution in [2.24, 2.45) is 0 Å². The zero-order chi connectivity index (χ0) is 17.8. The molecular formula is C18H17ClN2O4. The van der Waals surface area contributed by atoms with E-state index in [4.69, 9.17) is 30.3 Å². The van der Waals surface area contributed by atoms with Gasteiger partial charge in [0.25, 0.3) is 5.89 Å². The van der Waals surface area contributed by atoms with E-state index < -0.39 is 6.10 Å². The second-order valence-corrected chi connectivity index (χ2v) is 5.68. The van der Waals surface area contributed by atoms with Gasteiger partial charge in [-0.15, -0.1) is 0 Å². The van der Waals surface area contributed by atoms with E-state index >= 15 is 0 Å². The number of hydrogen-bond donors (Lipinski definition) is 0. The Balaban J connectivity index is 1.80. The molecule has 6 nitrogen and oxygen atoms in total. The molecular weight excluding hydrogens is 344 g/mol. The van der Waals surface area contributed by atoms with Crippen molar-refractivity contribution in [2.75, 3.05) is 14.2 Å². The predicted octanol–water partition coefficient (Wildman–Crippen LogP) is 4.55. The van der Waals surface area contributed by atoms with E-state index in [2.05, 4.69) is 10.1 Å². The lowest BCUT2D eigenvalue weighted by atomic mass is 10.2. The highest BCUT2D eigenvalue weighted by molar-refractivity contribution is 6.30. The lowest BCUT2D eigenvalue weighted by Gasteiger charge is -2.10. The average Bonchev–Trinajstić information content (AvgIpc) is 3.11. The van der Waals surface area contributed by atoms with Crippen LogP contribution in [-0.2, 0) is 0 Å². The van der Waals surface area contributed by atoms with Gasteiger partial charge in [0.05, 0.1) is 14.2 Å². The van der Waals surface area contributed by atoms with Crippen LogP contribution < -0.4 is 14.2 Å². The molecule has 0 aliphatic carbocycles. The molecule has 1 heterocycles. The number of benzene rings is 2. The molecule has 1 unspecified atom stereocenters. The van der Waals surface area contributed by atoms with Crippen LogP contribution in [0.2, 0.25) is 5.02 Å². The van der Waals surface area contributed by atoms with Crippen LogP contribution in [0.15, 0.2) is 47.0 Å². The second kappa shape index (κ2) is 7.44. The highest BCUT2D eigenvalue weighted by Gasteiger charge is 2.18. The number of rotatable bonds is 6. The molecule has 0 radical (unpaired) electrons. The minimum Gasteiger partial charge on any atom is -0.493 e. The zero-order valence-corrected chi connectivity index (χ0v) is 14.8. The number of aromatic nitrogens is 2. The molecule has 0 saturated carbocycles. The lowest BCUT2D eigenvalue weighted by Crippen LogP contribution is -2.03. The molecule has 0 aliphatic heterocycles. The average molecular weight is 361 g/mol. The molecule has 2 aromatic carbocycles. The van der Waals surface area contributed by atoms with Crippen LogP contribution in [0.25, 0.3) is 11.4 Å². The molecule has 3 aromatic rings. The molecule has 0 saturated heterocycles. The van der Waals surface area contributed by atoms with Crippen molar-refractivity contribution < 1.29 is 18.7 Å². The van der Waals surface area contributed by atoms with Gasteiger partial charge >= 0.3 is 0 Å². The first kappa shape index (κ1) is 17.1. The minimum absolute atomic E-state index is 0.366. The van der Waals surface area contributed by atoms with E-state index in [1.54, 1.807) is 38.5 Å². The van der Waals surface area contributed by atoms with E-state index in [-0.39, 0.29) is 0 Å². The van der Waals surface area contributed by atoms with Crippen molar-refractivity contribution >= 4 is 11.6 Å². The number of nitrogens with zero attached hydrogens (tertiary/aromatic N) is 2. The third-order valence-electron chi connectivity index (χ3n) is 3.54. The SMILES string of the molecule is COc1ccc(-c2noc(C(C)Oc3cccc(Cl)c3)n2)cc1OC. The highest BCUT2D eigenvalue weighted by atomic mass is 35.5. The molecule has 1 atom stereocenters. The van der Waals surface area contributed by atoms with Crippen LogP contribution >= 0.6 is 11.6 Å². The van der Waals surface area contributed by atoms with Crippen molar-refractivity contribution in [2.45, 2.75) is 13.0 Å². The van der Waals surface area contributed by atoms with Crippen LogP contribution in [0.4, 0.5) is 0 Å². The molecule has 3 rings (SSSR count). The zero-order valence-electron chi connectivity index (χ0n) is 14.0. The van der Waals surface area contributed by atoms with Crippen LogP contribution in [0.5, 0.6) is 17.2 Å². The van der Waals surface area contributed by atoms with E-state index in [1.807, 2.05) is 25.1 Å². The van der Waals surface area contributed by atoms with E-state index in [0.29, 0.717) is 34.0 Å². The number of halogens is 1. The van der Waals surface area contributed by atoms with Gasteiger partial charge in [0.15, 0.2) is 17.6 Å². The van der Waals surface area contributed by atoms with Gasteiger partial charge in [-0.3, -0.25) is 0 Å². The van der Waals surface area contributed by atoms with Crippen LogP contribution in [0, 0.1) is 0 Å². The molecule has 0 amide bonds. The van der Waals surface area contributed by atoms with Crippen molar-refractivity contribution in [3.05, 3.63) is 53.4 Å². The fourth-order valence-electron chi connectivity index (χ4n) is 2.29. The van der Waals surface area contributed by atoms with E-state index in [1.165, 1.54) is 0 Å². The predicted molar refractivity (Wildman–Crippen MR) is 93.3 cm³/mol. The Morgan fingerprint density at radius 1 is 1.04 bits per heavy atom. The largest absolute Gasteiger partial charge is 0.493 e. The third kappa shape index (κ3) is 3.85. The molecule has 0 aliphatic rings.